The Kier molecular flexibility index (Phi) is 3.97. The van der Waals surface area contributed by atoms with Crippen molar-refractivity contribution in [1.29, 1.82) is 0 Å². The van der Waals surface area contributed by atoms with E-state index >= 15 is 0 Å². The molecule has 2 spiro atoms. The predicted octanol–water partition coefficient (Wildman–Crippen LogP) is 6.73. The van der Waals surface area contributed by atoms with Crippen LogP contribution in [-0.4, -0.2) is 0 Å². The summed E-state index contributed by atoms with van der Waals surface area (Å²) in [5, 5.41) is 0. The van der Waals surface area contributed by atoms with Crippen molar-refractivity contribution < 1.29 is 0 Å². The fourth-order valence-corrected chi connectivity index (χ4v) is 5.71. The van der Waals surface area contributed by atoms with Crippen molar-refractivity contribution in [3.8, 4) is 0 Å². The van der Waals surface area contributed by atoms with Crippen molar-refractivity contribution in [2.45, 2.75) is 104 Å². The molecule has 0 nitrogen and oxygen atoms in total. The molecule has 20 heavy (non-hydrogen) atoms. The largest absolute Gasteiger partial charge is 0.0599 e. The van der Waals surface area contributed by atoms with E-state index in [1.54, 1.807) is 51.4 Å². The molecular weight excluding hydrogens is 240 g/mol. The minimum absolute atomic E-state index is 0.543. The fourth-order valence-electron chi connectivity index (χ4n) is 5.71. The third kappa shape index (κ3) is 2.95. The average Bonchev–Trinajstić information content (AvgIpc) is 2.44. The zero-order valence-electron chi connectivity index (χ0n) is 14.3. The molecule has 0 unspecified atom stereocenters. The summed E-state index contributed by atoms with van der Waals surface area (Å²) in [5.74, 6) is 0.985. The summed E-state index contributed by atoms with van der Waals surface area (Å²) in [4.78, 5) is 0. The second-order valence-electron chi connectivity index (χ2n) is 9.70. The Morgan fingerprint density at radius 2 is 1.05 bits per heavy atom. The molecule has 0 heteroatoms. The molecule has 0 aliphatic heterocycles. The van der Waals surface area contributed by atoms with Crippen molar-refractivity contribution in [3.05, 3.63) is 0 Å². The zero-order valence-corrected chi connectivity index (χ0v) is 14.3. The molecule has 0 radical (unpaired) electrons. The van der Waals surface area contributed by atoms with E-state index < -0.39 is 0 Å². The maximum Gasteiger partial charge on any atom is -0.0297 e. The van der Waals surface area contributed by atoms with Crippen LogP contribution in [0, 0.1) is 22.2 Å². The van der Waals surface area contributed by atoms with Gasteiger partial charge < -0.3 is 0 Å². The summed E-state index contributed by atoms with van der Waals surface area (Å²) in [5.41, 5.74) is 2.13. The van der Waals surface area contributed by atoms with Gasteiger partial charge in [-0.1, -0.05) is 40.0 Å². The lowest BCUT2D eigenvalue weighted by molar-refractivity contribution is -0.000742. The van der Waals surface area contributed by atoms with Crippen LogP contribution in [0.4, 0.5) is 0 Å². The molecule has 3 saturated carbocycles. The molecular formula is C20H36. The molecule has 3 fully saturated rings. The van der Waals surface area contributed by atoms with E-state index in [1.807, 2.05) is 0 Å². The van der Waals surface area contributed by atoms with Gasteiger partial charge in [0.05, 0.1) is 0 Å². The van der Waals surface area contributed by atoms with Gasteiger partial charge >= 0.3 is 0 Å². The first kappa shape index (κ1) is 14.9. The van der Waals surface area contributed by atoms with Gasteiger partial charge in [-0.05, 0) is 86.4 Å². The first-order chi connectivity index (χ1) is 9.43. The Labute approximate surface area is 127 Å². The van der Waals surface area contributed by atoms with E-state index in [-0.39, 0.29) is 0 Å². The standard InChI is InChI=1S/C20H36/c1-18(2,3)17-7-11-20(12-8-17)15-13-19(14-16-20)9-5-4-6-10-19/h17H,4-16H2,1-3H3. The minimum Gasteiger partial charge on any atom is -0.0599 e. The van der Waals surface area contributed by atoms with Crippen LogP contribution in [0.15, 0.2) is 0 Å². The number of hydrogen-bond acceptors (Lipinski definition) is 0. The van der Waals surface area contributed by atoms with Crippen molar-refractivity contribution in [2.75, 3.05) is 0 Å². The van der Waals surface area contributed by atoms with Gasteiger partial charge in [-0.2, -0.15) is 0 Å². The van der Waals surface area contributed by atoms with Crippen LogP contribution in [0.1, 0.15) is 104 Å². The van der Waals surface area contributed by atoms with Gasteiger partial charge in [-0.3, -0.25) is 0 Å². The number of rotatable bonds is 0. The van der Waals surface area contributed by atoms with Gasteiger partial charge in [0.2, 0.25) is 0 Å². The minimum atomic E-state index is 0.543. The van der Waals surface area contributed by atoms with Crippen molar-refractivity contribution in [2.24, 2.45) is 22.2 Å². The van der Waals surface area contributed by atoms with Crippen LogP contribution in [0.3, 0.4) is 0 Å². The van der Waals surface area contributed by atoms with Crippen LogP contribution in [0.2, 0.25) is 0 Å². The van der Waals surface area contributed by atoms with E-state index in [1.165, 1.54) is 32.1 Å². The van der Waals surface area contributed by atoms with Crippen LogP contribution in [-0.2, 0) is 0 Å². The second kappa shape index (κ2) is 5.33. The van der Waals surface area contributed by atoms with Crippen LogP contribution < -0.4 is 0 Å². The van der Waals surface area contributed by atoms with E-state index in [9.17, 15) is 0 Å². The summed E-state index contributed by atoms with van der Waals surface area (Å²) < 4.78 is 0. The molecule has 0 aromatic heterocycles. The van der Waals surface area contributed by atoms with E-state index in [4.69, 9.17) is 0 Å². The first-order valence-electron chi connectivity index (χ1n) is 9.43. The normalized spacial score (nSPS) is 30.8. The summed E-state index contributed by atoms with van der Waals surface area (Å²) in [6.07, 6.45) is 20.1. The van der Waals surface area contributed by atoms with Gasteiger partial charge in [-0.15, -0.1) is 0 Å². The van der Waals surface area contributed by atoms with Gasteiger partial charge in [0.1, 0.15) is 0 Å². The second-order valence-corrected chi connectivity index (χ2v) is 9.70. The lowest BCUT2D eigenvalue weighted by atomic mass is 9.54. The van der Waals surface area contributed by atoms with Gasteiger partial charge in [0.15, 0.2) is 0 Å². The molecule has 3 aliphatic carbocycles. The van der Waals surface area contributed by atoms with Crippen LogP contribution >= 0.6 is 0 Å². The highest BCUT2D eigenvalue weighted by Crippen LogP contribution is 2.58. The predicted molar refractivity (Wildman–Crippen MR) is 87.8 cm³/mol. The topological polar surface area (TPSA) is 0 Å². The summed E-state index contributed by atoms with van der Waals surface area (Å²) in [7, 11) is 0. The van der Waals surface area contributed by atoms with E-state index in [0.717, 1.165) is 16.7 Å². The third-order valence-electron chi connectivity index (χ3n) is 7.56. The summed E-state index contributed by atoms with van der Waals surface area (Å²) in [6, 6.07) is 0. The molecule has 0 saturated heterocycles. The Morgan fingerprint density at radius 1 is 0.600 bits per heavy atom. The quantitative estimate of drug-likeness (QED) is 0.460. The highest BCUT2D eigenvalue weighted by atomic mass is 14.5. The molecule has 116 valence electrons. The smallest absolute Gasteiger partial charge is 0.0297 e. The maximum absolute atomic E-state index is 2.45. The average molecular weight is 277 g/mol. The Hall–Kier alpha value is 0. The van der Waals surface area contributed by atoms with Crippen LogP contribution in [0.25, 0.3) is 0 Å². The first-order valence-corrected chi connectivity index (χ1v) is 9.43. The third-order valence-corrected chi connectivity index (χ3v) is 7.56. The van der Waals surface area contributed by atoms with Crippen LogP contribution in [0.5, 0.6) is 0 Å². The molecule has 0 aromatic rings. The lowest BCUT2D eigenvalue weighted by Gasteiger charge is -2.52. The Balaban J connectivity index is 1.56. The van der Waals surface area contributed by atoms with Gasteiger partial charge in [0, 0.05) is 0 Å². The van der Waals surface area contributed by atoms with Crippen molar-refractivity contribution in [3.63, 3.8) is 0 Å². The molecule has 3 aliphatic rings. The molecule has 3 rings (SSSR count). The van der Waals surface area contributed by atoms with Crippen molar-refractivity contribution in [1.82, 2.24) is 0 Å². The molecule has 0 bridgehead atoms. The summed E-state index contributed by atoms with van der Waals surface area (Å²) in [6.45, 7) is 7.36. The molecule has 0 heterocycles. The molecule has 0 aromatic carbocycles. The number of hydrogen-bond donors (Lipinski definition) is 0. The Bertz CT molecular complexity index is 306. The monoisotopic (exact) mass is 276 g/mol. The summed E-state index contributed by atoms with van der Waals surface area (Å²) >= 11 is 0. The van der Waals surface area contributed by atoms with Gasteiger partial charge in [-0.25, -0.2) is 0 Å². The van der Waals surface area contributed by atoms with E-state index in [2.05, 4.69) is 20.8 Å². The molecule has 0 N–H and O–H groups in total. The fraction of sp³-hybridized carbons (Fsp3) is 1.00. The maximum atomic E-state index is 2.45. The Morgan fingerprint density at radius 3 is 1.50 bits per heavy atom. The van der Waals surface area contributed by atoms with E-state index in [0.29, 0.717) is 5.41 Å². The zero-order chi connectivity index (χ0) is 14.3. The molecule has 0 atom stereocenters. The SMILES string of the molecule is CC(C)(C)C1CCC2(CC1)CCC1(CCCCC1)CC2. The highest BCUT2D eigenvalue weighted by molar-refractivity contribution is 4.97. The lowest BCUT2D eigenvalue weighted by Crippen LogP contribution is -2.39. The van der Waals surface area contributed by atoms with Gasteiger partial charge in [0.25, 0.3) is 0 Å². The highest BCUT2D eigenvalue weighted by Gasteiger charge is 2.45. The molecule has 0 amide bonds. The van der Waals surface area contributed by atoms with Crippen molar-refractivity contribution >= 4 is 0 Å².